The summed E-state index contributed by atoms with van der Waals surface area (Å²) >= 11 is 0. The monoisotopic (exact) mass is 660 g/mol. The third-order valence-electron chi connectivity index (χ3n) is 10.9. The van der Waals surface area contributed by atoms with Crippen LogP contribution in [0.1, 0.15) is 265 Å². The summed E-state index contributed by atoms with van der Waals surface area (Å²) in [5.41, 5.74) is 1.51. The molecule has 0 heterocycles. The molecule has 0 amide bonds. The molecular weight excluding hydrogens is 567 g/mol. The van der Waals surface area contributed by atoms with Crippen molar-refractivity contribution in [2.45, 2.75) is 265 Å². The van der Waals surface area contributed by atoms with Gasteiger partial charge in [0.1, 0.15) is 0 Å². The molecule has 0 aliphatic carbocycles. The molecule has 0 atom stereocenters. The van der Waals surface area contributed by atoms with Crippen LogP contribution in [0.5, 0.6) is 0 Å². The van der Waals surface area contributed by atoms with Gasteiger partial charge in [-0.25, -0.2) is 0 Å². The highest BCUT2D eigenvalue weighted by Crippen LogP contribution is 2.25. The molecule has 0 spiro atoms. The fourth-order valence-electron chi connectivity index (χ4n) is 7.52. The van der Waals surface area contributed by atoms with Crippen LogP contribution in [0.25, 0.3) is 0 Å². The van der Waals surface area contributed by atoms with E-state index in [1.807, 2.05) is 0 Å². The number of nitrogens with one attached hydrogen (secondary N) is 1. The van der Waals surface area contributed by atoms with Gasteiger partial charge in [0.05, 0.1) is 0 Å². The van der Waals surface area contributed by atoms with Crippen LogP contribution < -0.4 is 5.32 Å². The highest BCUT2D eigenvalue weighted by molar-refractivity contribution is 4.93. The largest absolute Gasteiger partial charge is 0.317 e. The first-order valence-corrected chi connectivity index (χ1v) is 22.6. The van der Waals surface area contributed by atoms with Gasteiger partial charge in [0.2, 0.25) is 0 Å². The van der Waals surface area contributed by atoms with Gasteiger partial charge in [-0.05, 0) is 57.5 Å². The average Bonchev–Trinajstić information content (AvgIpc) is 3.08. The van der Waals surface area contributed by atoms with Gasteiger partial charge in [-0.3, -0.25) is 0 Å². The van der Waals surface area contributed by atoms with Gasteiger partial charge in [-0.1, -0.05) is 238 Å². The first-order valence-electron chi connectivity index (χ1n) is 22.6. The van der Waals surface area contributed by atoms with Crippen LogP contribution in [0.4, 0.5) is 0 Å². The van der Waals surface area contributed by atoms with Crippen molar-refractivity contribution in [2.24, 2.45) is 5.92 Å². The van der Waals surface area contributed by atoms with E-state index in [4.69, 9.17) is 0 Å². The van der Waals surface area contributed by atoms with Crippen molar-refractivity contribution < 1.29 is 0 Å². The number of rotatable bonds is 42. The van der Waals surface area contributed by atoms with Gasteiger partial charge in [-0.15, -0.1) is 0 Å². The zero-order valence-corrected chi connectivity index (χ0v) is 33.6. The summed E-state index contributed by atoms with van der Waals surface area (Å²) < 4.78 is 0. The molecule has 1 N–H and O–H groups in total. The lowest BCUT2D eigenvalue weighted by molar-refractivity contribution is 0.365. The highest BCUT2D eigenvalue weighted by Gasteiger charge is 2.09. The van der Waals surface area contributed by atoms with Crippen LogP contribution in [0.15, 0.2) is 12.2 Å². The first kappa shape index (κ1) is 46.7. The Labute approximate surface area is 300 Å². The van der Waals surface area contributed by atoms with Crippen LogP contribution in [-0.2, 0) is 0 Å². The minimum absolute atomic E-state index is 1.03. The minimum atomic E-state index is 1.03. The molecule has 0 aliphatic heterocycles. The molecule has 0 aromatic rings. The number of unbranched alkanes of at least 4 members (excludes halogenated alkanes) is 28. The van der Waals surface area contributed by atoms with E-state index in [9.17, 15) is 0 Å². The van der Waals surface area contributed by atoms with Crippen molar-refractivity contribution in [1.29, 1.82) is 0 Å². The Morgan fingerprint density at radius 2 is 0.596 bits per heavy atom. The number of allylic oxidation sites excluding steroid dienone is 1. The lowest BCUT2D eigenvalue weighted by Crippen LogP contribution is -2.16. The SMILES string of the molecule is C=C(CCCCCCCCCC)CCCCCCCNCCCCCCCCCCC(CCCCCCCC)CCCCCCCC. The van der Waals surface area contributed by atoms with Crippen LogP contribution >= 0.6 is 0 Å². The standard InChI is InChI=1S/C46H93N/c1-5-8-11-14-17-20-24-31-38-45(4)39-32-25-23-30-37-44-47-43-36-29-22-19-18-21-28-35-42-46(40-33-26-15-12-9-6-2)41-34-27-16-13-10-7-3/h46-47H,4-44H2,1-3H3. The average molecular weight is 660 g/mol. The second-order valence-electron chi connectivity index (χ2n) is 15.8. The van der Waals surface area contributed by atoms with Gasteiger partial charge in [-0.2, -0.15) is 0 Å². The fraction of sp³-hybridized carbons (Fsp3) is 0.957. The molecule has 1 heteroatoms. The van der Waals surface area contributed by atoms with E-state index in [0.29, 0.717) is 0 Å². The van der Waals surface area contributed by atoms with Crippen molar-refractivity contribution in [3.8, 4) is 0 Å². The Bertz CT molecular complexity index is 551. The second-order valence-corrected chi connectivity index (χ2v) is 15.8. The van der Waals surface area contributed by atoms with Crippen LogP contribution in [0.2, 0.25) is 0 Å². The van der Waals surface area contributed by atoms with Gasteiger partial charge in [0.15, 0.2) is 0 Å². The summed E-state index contributed by atoms with van der Waals surface area (Å²) in [5.74, 6) is 1.03. The van der Waals surface area contributed by atoms with Gasteiger partial charge < -0.3 is 5.32 Å². The number of hydrogen-bond acceptors (Lipinski definition) is 1. The van der Waals surface area contributed by atoms with Crippen molar-refractivity contribution in [2.75, 3.05) is 13.1 Å². The Kier molecular flexibility index (Phi) is 41.6. The number of hydrogen-bond donors (Lipinski definition) is 1. The topological polar surface area (TPSA) is 12.0 Å². The van der Waals surface area contributed by atoms with E-state index >= 15 is 0 Å². The molecule has 0 unspecified atom stereocenters. The molecule has 47 heavy (non-hydrogen) atoms. The third kappa shape index (κ3) is 40.0. The van der Waals surface area contributed by atoms with Gasteiger partial charge in [0.25, 0.3) is 0 Å². The molecular formula is C46H93N. The predicted octanol–water partition coefficient (Wildman–Crippen LogP) is 16.6. The molecule has 0 rings (SSSR count). The minimum Gasteiger partial charge on any atom is -0.317 e. The molecule has 0 aromatic heterocycles. The Morgan fingerprint density at radius 1 is 0.340 bits per heavy atom. The summed E-state index contributed by atoms with van der Waals surface area (Å²) in [6.07, 6.45) is 54.5. The maximum absolute atomic E-state index is 4.35. The van der Waals surface area contributed by atoms with E-state index in [1.165, 1.54) is 263 Å². The van der Waals surface area contributed by atoms with Crippen molar-refractivity contribution in [3.05, 3.63) is 12.2 Å². The molecule has 0 fully saturated rings. The van der Waals surface area contributed by atoms with Crippen LogP contribution in [-0.4, -0.2) is 13.1 Å². The zero-order valence-electron chi connectivity index (χ0n) is 33.6. The summed E-state index contributed by atoms with van der Waals surface area (Å²) in [5, 5.41) is 3.71. The second kappa shape index (κ2) is 41.9. The summed E-state index contributed by atoms with van der Waals surface area (Å²) in [4.78, 5) is 0. The summed E-state index contributed by atoms with van der Waals surface area (Å²) in [6, 6.07) is 0. The molecule has 282 valence electrons. The Morgan fingerprint density at radius 3 is 0.915 bits per heavy atom. The van der Waals surface area contributed by atoms with E-state index < -0.39 is 0 Å². The quantitative estimate of drug-likeness (QED) is 0.0508. The van der Waals surface area contributed by atoms with Crippen LogP contribution in [0.3, 0.4) is 0 Å². The van der Waals surface area contributed by atoms with Gasteiger partial charge >= 0.3 is 0 Å². The van der Waals surface area contributed by atoms with E-state index in [2.05, 4.69) is 32.7 Å². The van der Waals surface area contributed by atoms with Crippen molar-refractivity contribution in [1.82, 2.24) is 5.32 Å². The Balaban J connectivity index is 3.50. The lowest BCUT2D eigenvalue weighted by atomic mass is 9.89. The first-order chi connectivity index (χ1) is 23.2. The van der Waals surface area contributed by atoms with Crippen molar-refractivity contribution >= 4 is 0 Å². The smallest absolute Gasteiger partial charge is 0.00489 e. The third-order valence-corrected chi connectivity index (χ3v) is 10.9. The van der Waals surface area contributed by atoms with E-state index in [0.717, 1.165) is 5.92 Å². The van der Waals surface area contributed by atoms with Gasteiger partial charge in [0, 0.05) is 0 Å². The maximum atomic E-state index is 4.35. The molecule has 0 radical (unpaired) electrons. The fourth-order valence-corrected chi connectivity index (χ4v) is 7.52. The molecule has 0 saturated heterocycles. The van der Waals surface area contributed by atoms with Crippen LogP contribution in [0, 0.1) is 5.92 Å². The zero-order chi connectivity index (χ0) is 34.1. The Hall–Kier alpha value is -0.300. The van der Waals surface area contributed by atoms with E-state index in [1.54, 1.807) is 0 Å². The van der Waals surface area contributed by atoms with E-state index in [-0.39, 0.29) is 0 Å². The summed E-state index contributed by atoms with van der Waals surface area (Å²) in [7, 11) is 0. The summed E-state index contributed by atoms with van der Waals surface area (Å²) in [6.45, 7) is 13.8. The molecule has 1 nitrogen and oxygen atoms in total. The van der Waals surface area contributed by atoms with Crippen molar-refractivity contribution in [3.63, 3.8) is 0 Å². The normalized spacial score (nSPS) is 11.7. The molecule has 0 aliphatic rings. The lowest BCUT2D eigenvalue weighted by Gasteiger charge is -2.17. The maximum Gasteiger partial charge on any atom is -0.00489 e. The predicted molar refractivity (Wildman–Crippen MR) is 218 cm³/mol. The highest BCUT2D eigenvalue weighted by atomic mass is 14.8. The molecule has 0 saturated carbocycles. The molecule has 0 bridgehead atoms. The molecule has 0 aromatic carbocycles.